The number of rotatable bonds is 5. The molecule has 28 heavy (non-hydrogen) atoms. The molecule has 1 aliphatic heterocycles. The highest BCUT2D eigenvalue weighted by atomic mass is 16.5. The molecule has 7 nitrogen and oxygen atoms in total. The molecule has 0 spiro atoms. The van der Waals surface area contributed by atoms with Crippen LogP contribution >= 0.6 is 0 Å². The van der Waals surface area contributed by atoms with Gasteiger partial charge in [0.1, 0.15) is 5.75 Å². The van der Waals surface area contributed by atoms with Crippen molar-refractivity contribution in [2.45, 2.75) is 12.8 Å². The predicted octanol–water partition coefficient (Wildman–Crippen LogP) is 2.78. The second-order valence-corrected chi connectivity index (χ2v) is 6.76. The van der Waals surface area contributed by atoms with E-state index >= 15 is 0 Å². The molecule has 0 atom stereocenters. The summed E-state index contributed by atoms with van der Waals surface area (Å²) in [6.45, 7) is 0.707. The summed E-state index contributed by atoms with van der Waals surface area (Å²) >= 11 is 0. The van der Waals surface area contributed by atoms with Crippen LogP contribution in [0.15, 0.2) is 42.5 Å². The van der Waals surface area contributed by atoms with Crippen molar-refractivity contribution in [2.75, 3.05) is 38.0 Å². The Hall–Kier alpha value is -3.35. The largest absolute Gasteiger partial charge is 0.496 e. The molecule has 146 valence electrons. The third-order valence-electron chi connectivity index (χ3n) is 4.61. The van der Waals surface area contributed by atoms with E-state index < -0.39 is 0 Å². The molecule has 2 aromatic carbocycles. The average molecular weight is 381 g/mol. The van der Waals surface area contributed by atoms with Crippen LogP contribution in [0.3, 0.4) is 0 Å². The Labute approximate surface area is 163 Å². The first-order chi connectivity index (χ1) is 13.4. The molecule has 0 bridgehead atoms. The lowest BCUT2D eigenvalue weighted by Crippen LogP contribution is -2.23. The van der Waals surface area contributed by atoms with Crippen molar-refractivity contribution in [3.05, 3.63) is 53.6 Å². The predicted molar refractivity (Wildman–Crippen MR) is 107 cm³/mol. The molecular weight excluding hydrogens is 358 g/mol. The van der Waals surface area contributed by atoms with Crippen LogP contribution in [0.4, 0.5) is 11.4 Å². The van der Waals surface area contributed by atoms with Crippen molar-refractivity contribution < 1.29 is 19.1 Å². The van der Waals surface area contributed by atoms with Gasteiger partial charge in [-0.05, 0) is 48.9 Å². The third kappa shape index (κ3) is 3.98. The van der Waals surface area contributed by atoms with Gasteiger partial charge in [0.25, 0.3) is 11.8 Å². The maximum absolute atomic E-state index is 12.6. The number of methoxy groups -OCH3 is 1. The highest BCUT2D eigenvalue weighted by Crippen LogP contribution is 2.25. The lowest BCUT2D eigenvalue weighted by Gasteiger charge is -2.16. The molecule has 2 aromatic rings. The molecule has 1 heterocycles. The molecular formula is C21H23N3O4. The number of nitrogens with zero attached hydrogens (tertiary/aromatic N) is 2. The van der Waals surface area contributed by atoms with Gasteiger partial charge < -0.3 is 19.9 Å². The molecule has 1 saturated heterocycles. The number of carbonyl (C=O) groups excluding carboxylic acids is 3. The number of hydrogen-bond acceptors (Lipinski definition) is 4. The van der Waals surface area contributed by atoms with Crippen LogP contribution in [0.5, 0.6) is 5.75 Å². The molecule has 1 fully saturated rings. The number of benzene rings is 2. The van der Waals surface area contributed by atoms with E-state index in [0.29, 0.717) is 35.5 Å². The number of amides is 3. The highest BCUT2D eigenvalue weighted by Gasteiger charge is 2.22. The van der Waals surface area contributed by atoms with Gasteiger partial charge in [-0.25, -0.2) is 0 Å². The summed E-state index contributed by atoms with van der Waals surface area (Å²) < 4.78 is 5.24. The maximum Gasteiger partial charge on any atom is 0.257 e. The normalized spacial score (nSPS) is 13.4. The molecule has 0 unspecified atom stereocenters. The minimum atomic E-state index is -0.298. The second-order valence-electron chi connectivity index (χ2n) is 6.76. The van der Waals surface area contributed by atoms with Gasteiger partial charge in [-0.15, -0.1) is 0 Å². The van der Waals surface area contributed by atoms with E-state index in [1.807, 2.05) is 0 Å². The fraction of sp³-hybridized carbons (Fsp3) is 0.286. The molecule has 0 radical (unpaired) electrons. The Balaban J connectivity index is 1.76. The van der Waals surface area contributed by atoms with Gasteiger partial charge in [0, 0.05) is 44.0 Å². The summed E-state index contributed by atoms with van der Waals surface area (Å²) in [5.74, 6) is 0.0326. The maximum atomic E-state index is 12.6. The molecule has 1 aliphatic rings. The Morgan fingerprint density at radius 2 is 1.82 bits per heavy atom. The van der Waals surface area contributed by atoms with E-state index in [9.17, 15) is 14.4 Å². The highest BCUT2D eigenvalue weighted by molar-refractivity contribution is 6.06. The van der Waals surface area contributed by atoms with Crippen LogP contribution in [0.1, 0.15) is 33.6 Å². The van der Waals surface area contributed by atoms with E-state index in [1.54, 1.807) is 61.5 Å². The second kappa shape index (κ2) is 8.12. The Morgan fingerprint density at radius 1 is 1.11 bits per heavy atom. The van der Waals surface area contributed by atoms with Crippen LogP contribution in [0, 0.1) is 0 Å². The number of hydrogen-bond donors (Lipinski definition) is 1. The van der Waals surface area contributed by atoms with E-state index in [1.165, 1.54) is 12.0 Å². The van der Waals surface area contributed by atoms with Crippen LogP contribution in [0.2, 0.25) is 0 Å². The van der Waals surface area contributed by atoms with Gasteiger partial charge in [0.15, 0.2) is 0 Å². The van der Waals surface area contributed by atoms with Crippen molar-refractivity contribution >= 4 is 29.1 Å². The van der Waals surface area contributed by atoms with Gasteiger partial charge in [-0.2, -0.15) is 0 Å². The fourth-order valence-corrected chi connectivity index (χ4v) is 3.11. The Morgan fingerprint density at radius 3 is 2.39 bits per heavy atom. The third-order valence-corrected chi connectivity index (χ3v) is 4.61. The molecule has 3 amide bonds. The molecule has 1 N–H and O–H groups in total. The molecule has 0 saturated carbocycles. The van der Waals surface area contributed by atoms with Crippen molar-refractivity contribution in [2.24, 2.45) is 0 Å². The Bertz CT molecular complexity index is 906. The standard InChI is InChI=1S/C21H23N3O4/c1-23(2)21(27)17-13-15(8-11-18(17)28-3)22-20(26)14-6-9-16(10-7-14)24-12-4-5-19(24)25/h6-11,13H,4-5,12H2,1-3H3,(H,22,26). The summed E-state index contributed by atoms with van der Waals surface area (Å²) in [6.07, 6.45) is 1.42. The number of ether oxygens (including phenoxy) is 1. The van der Waals surface area contributed by atoms with E-state index in [2.05, 4.69) is 5.32 Å². The van der Waals surface area contributed by atoms with Crippen molar-refractivity contribution in [3.63, 3.8) is 0 Å². The van der Waals surface area contributed by atoms with Crippen LogP contribution in [-0.2, 0) is 4.79 Å². The van der Waals surface area contributed by atoms with Gasteiger partial charge in [0.2, 0.25) is 5.91 Å². The summed E-state index contributed by atoms with van der Waals surface area (Å²) in [7, 11) is 4.80. The van der Waals surface area contributed by atoms with Gasteiger partial charge >= 0.3 is 0 Å². The van der Waals surface area contributed by atoms with E-state index in [4.69, 9.17) is 4.74 Å². The van der Waals surface area contributed by atoms with Crippen LogP contribution in [0.25, 0.3) is 0 Å². The molecule has 0 aromatic heterocycles. The molecule has 7 heteroatoms. The first kappa shape index (κ1) is 19.4. The quantitative estimate of drug-likeness (QED) is 0.864. The lowest BCUT2D eigenvalue weighted by molar-refractivity contribution is -0.117. The smallest absolute Gasteiger partial charge is 0.257 e. The minimum absolute atomic E-state index is 0.105. The van der Waals surface area contributed by atoms with Crippen LogP contribution < -0.4 is 15.0 Å². The van der Waals surface area contributed by atoms with Gasteiger partial charge in [-0.3, -0.25) is 14.4 Å². The fourth-order valence-electron chi connectivity index (χ4n) is 3.11. The van der Waals surface area contributed by atoms with E-state index in [-0.39, 0.29) is 17.7 Å². The summed E-state index contributed by atoms with van der Waals surface area (Å²) in [6, 6.07) is 11.8. The summed E-state index contributed by atoms with van der Waals surface area (Å²) in [5.41, 5.74) is 2.12. The Kier molecular flexibility index (Phi) is 5.63. The molecule has 0 aliphatic carbocycles. The van der Waals surface area contributed by atoms with Gasteiger partial charge in [0.05, 0.1) is 12.7 Å². The van der Waals surface area contributed by atoms with Gasteiger partial charge in [-0.1, -0.05) is 0 Å². The summed E-state index contributed by atoms with van der Waals surface area (Å²) in [5, 5.41) is 2.80. The van der Waals surface area contributed by atoms with E-state index in [0.717, 1.165) is 12.1 Å². The molecule has 3 rings (SSSR count). The van der Waals surface area contributed by atoms with Crippen molar-refractivity contribution in [1.29, 1.82) is 0 Å². The zero-order chi connectivity index (χ0) is 20.3. The zero-order valence-corrected chi connectivity index (χ0v) is 16.2. The number of carbonyl (C=O) groups is 3. The SMILES string of the molecule is COc1ccc(NC(=O)c2ccc(N3CCCC3=O)cc2)cc1C(=O)N(C)C. The summed E-state index contributed by atoms with van der Waals surface area (Å²) in [4.78, 5) is 39.9. The first-order valence-electron chi connectivity index (χ1n) is 9.02. The first-order valence-corrected chi connectivity index (χ1v) is 9.02. The van der Waals surface area contributed by atoms with Crippen LogP contribution in [-0.4, -0.2) is 50.4 Å². The van der Waals surface area contributed by atoms with Crippen molar-refractivity contribution in [1.82, 2.24) is 4.90 Å². The lowest BCUT2D eigenvalue weighted by atomic mass is 10.1. The monoisotopic (exact) mass is 381 g/mol. The average Bonchev–Trinajstić information content (AvgIpc) is 3.13. The zero-order valence-electron chi connectivity index (χ0n) is 16.2. The number of nitrogens with one attached hydrogen (secondary N) is 1. The van der Waals surface area contributed by atoms with Crippen molar-refractivity contribution in [3.8, 4) is 5.75 Å². The number of anilines is 2. The topological polar surface area (TPSA) is 79.0 Å². The minimum Gasteiger partial charge on any atom is -0.496 e.